The van der Waals surface area contributed by atoms with E-state index in [9.17, 15) is 19.2 Å². The number of carboxylic acid groups (broad SMARTS) is 4. The predicted molar refractivity (Wildman–Crippen MR) is 149 cm³/mol. The van der Waals surface area contributed by atoms with Crippen LogP contribution in [-0.4, -0.2) is 75.4 Å². The van der Waals surface area contributed by atoms with E-state index < -0.39 is 29.5 Å². The van der Waals surface area contributed by atoms with Crippen molar-refractivity contribution in [2.24, 2.45) is 0 Å². The summed E-state index contributed by atoms with van der Waals surface area (Å²) < 4.78 is 6.48. The van der Waals surface area contributed by atoms with E-state index in [2.05, 4.69) is 55.3 Å². The molecule has 1 fully saturated rings. The van der Waals surface area contributed by atoms with Crippen molar-refractivity contribution in [1.29, 1.82) is 0 Å². The maximum absolute atomic E-state index is 9.55. The highest BCUT2D eigenvalue weighted by Crippen LogP contribution is 2.34. The zero-order valence-electron chi connectivity index (χ0n) is 22.3. The van der Waals surface area contributed by atoms with Gasteiger partial charge in [-0.25, -0.2) is 19.2 Å². The molecular formula is C29H34ClNO9. The highest BCUT2D eigenvalue weighted by Gasteiger charge is 2.30. The number of hydrogen-bond acceptors (Lipinski definition) is 6. The van der Waals surface area contributed by atoms with Gasteiger partial charge in [0.05, 0.1) is 0 Å². The van der Waals surface area contributed by atoms with Gasteiger partial charge in [0, 0.05) is 42.0 Å². The summed E-state index contributed by atoms with van der Waals surface area (Å²) in [6, 6.07) is 19.1. The van der Waals surface area contributed by atoms with E-state index in [-0.39, 0.29) is 0 Å². The second kappa shape index (κ2) is 17.6. The van der Waals surface area contributed by atoms with Crippen LogP contribution in [0.2, 0.25) is 5.02 Å². The van der Waals surface area contributed by atoms with Gasteiger partial charge in [0.25, 0.3) is 0 Å². The lowest BCUT2D eigenvalue weighted by atomic mass is 9.88. The molecule has 0 spiro atoms. The van der Waals surface area contributed by atoms with Crippen LogP contribution in [0, 0.1) is 0 Å². The third kappa shape index (κ3) is 13.2. The fourth-order valence-electron chi connectivity index (χ4n) is 3.89. The molecule has 0 aliphatic carbocycles. The Bertz CT molecular complexity index is 1100. The molecule has 40 heavy (non-hydrogen) atoms. The van der Waals surface area contributed by atoms with Crippen molar-refractivity contribution in [3.8, 4) is 0 Å². The normalized spacial score (nSPS) is 16.3. The number of carbonyl (C=O) groups is 4. The average molecular weight is 576 g/mol. The smallest absolute Gasteiger partial charge is 0.328 e. The van der Waals surface area contributed by atoms with Crippen molar-refractivity contribution < 1.29 is 44.3 Å². The van der Waals surface area contributed by atoms with Gasteiger partial charge in [-0.1, -0.05) is 54.1 Å². The van der Waals surface area contributed by atoms with Gasteiger partial charge in [0.1, 0.15) is 5.60 Å². The molecule has 2 aromatic rings. The summed E-state index contributed by atoms with van der Waals surface area (Å²) >= 11 is 6.07. The first-order chi connectivity index (χ1) is 18.8. The molecule has 1 aliphatic heterocycles. The fourth-order valence-corrected chi connectivity index (χ4v) is 4.01. The molecule has 0 amide bonds. The number of benzene rings is 2. The Balaban J connectivity index is 0.000000412. The number of likely N-dealkylation sites (tertiary alicyclic amines) is 1. The number of carboxylic acids is 4. The minimum absolute atomic E-state index is 0.455. The summed E-state index contributed by atoms with van der Waals surface area (Å²) in [5, 5.41) is 32.0. The van der Waals surface area contributed by atoms with Crippen LogP contribution in [0.5, 0.6) is 0 Å². The number of hydrogen-bond donors (Lipinski definition) is 4. The summed E-state index contributed by atoms with van der Waals surface area (Å²) in [6.07, 6.45) is 5.89. The third-order valence-corrected chi connectivity index (χ3v) is 6.22. The lowest BCUT2D eigenvalue weighted by Crippen LogP contribution is -2.31. The zero-order chi connectivity index (χ0) is 30.1. The molecule has 0 unspecified atom stereocenters. The van der Waals surface area contributed by atoms with Crippen molar-refractivity contribution in [3.05, 3.63) is 95.1 Å². The molecule has 1 saturated heterocycles. The Morgan fingerprint density at radius 2 is 1.30 bits per heavy atom. The molecular weight excluding hydrogens is 542 g/mol. The summed E-state index contributed by atoms with van der Waals surface area (Å²) in [5.41, 5.74) is 1.85. The second-order valence-corrected chi connectivity index (χ2v) is 9.28. The second-order valence-electron chi connectivity index (χ2n) is 8.84. The summed E-state index contributed by atoms with van der Waals surface area (Å²) in [6.45, 7) is 4.12. The predicted octanol–water partition coefficient (Wildman–Crippen LogP) is 4.53. The third-order valence-electron chi connectivity index (χ3n) is 5.97. The van der Waals surface area contributed by atoms with E-state index in [0.717, 1.165) is 23.6 Å². The van der Waals surface area contributed by atoms with Gasteiger partial charge in [-0.05, 0) is 63.0 Å². The van der Waals surface area contributed by atoms with Crippen LogP contribution >= 0.6 is 11.6 Å². The van der Waals surface area contributed by atoms with Crippen molar-refractivity contribution in [3.63, 3.8) is 0 Å². The molecule has 4 N–H and O–H groups in total. The van der Waals surface area contributed by atoms with Gasteiger partial charge in [0.2, 0.25) is 0 Å². The summed E-state index contributed by atoms with van der Waals surface area (Å²) in [7, 11) is 2.22. The van der Waals surface area contributed by atoms with E-state index in [1.54, 1.807) is 0 Å². The minimum Gasteiger partial charge on any atom is -0.478 e. The van der Waals surface area contributed by atoms with Crippen LogP contribution in [0.15, 0.2) is 78.9 Å². The number of ether oxygens (including phenoxy) is 1. The Hall–Kier alpha value is -3.99. The van der Waals surface area contributed by atoms with E-state index in [4.69, 9.17) is 36.8 Å². The van der Waals surface area contributed by atoms with Crippen LogP contribution in [0.1, 0.15) is 37.3 Å². The average Bonchev–Trinajstić information content (AvgIpc) is 3.32. The largest absolute Gasteiger partial charge is 0.478 e. The van der Waals surface area contributed by atoms with E-state index in [1.807, 2.05) is 18.2 Å². The number of rotatable bonds is 10. The van der Waals surface area contributed by atoms with Crippen molar-refractivity contribution in [1.82, 2.24) is 4.90 Å². The van der Waals surface area contributed by atoms with Gasteiger partial charge in [-0.15, -0.1) is 0 Å². The number of aliphatic carboxylic acids is 4. The molecule has 11 heteroatoms. The summed E-state index contributed by atoms with van der Waals surface area (Å²) in [5.74, 6) is -5.03. The topological polar surface area (TPSA) is 162 Å². The molecule has 1 heterocycles. The molecule has 2 atom stereocenters. The van der Waals surface area contributed by atoms with E-state index in [0.29, 0.717) is 30.3 Å². The molecule has 0 saturated carbocycles. The van der Waals surface area contributed by atoms with E-state index in [1.165, 1.54) is 24.9 Å². The maximum Gasteiger partial charge on any atom is 0.328 e. The molecule has 0 radical (unpaired) electrons. The quantitative estimate of drug-likeness (QED) is 0.296. The Labute approximate surface area is 237 Å². The minimum atomic E-state index is -1.26. The highest BCUT2D eigenvalue weighted by atomic mass is 35.5. The molecule has 1 aliphatic rings. The van der Waals surface area contributed by atoms with Crippen molar-refractivity contribution in [2.45, 2.75) is 37.8 Å². The molecule has 0 aromatic heterocycles. The van der Waals surface area contributed by atoms with Gasteiger partial charge < -0.3 is 30.1 Å². The van der Waals surface area contributed by atoms with Crippen molar-refractivity contribution >= 4 is 35.5 Å². The number of nitrogens with zero attached hydrogens (tertiary/aromatic N) is 1. The zero-order valence-corrected chi connectivity index (χ0v) is 23.0. The maximum atomic E-state index is 9.55. The van der Waals surface area contributed by atoms with Crippen LogP contribution < -0.4 is 0 Å². The summed E-state index contributed by atoms with van der Waals surface area (Å²) in [4.78, 5) is 40.7. The molecule has 2 aromatic carbocycles. The monoisotopic (exact) mass is 575 g/mol. The SMILES string of the molecule is CN1CCC[C@@H]1CCO[C@](C)(c1ccccc1)c1ccc(Cl)cc1.O=C(O)/C=C/C(=O)O.O=C(O)/C=C/C(=O)O. The molecule has 216 valence electrons. The van der Waals surface area contributed by atoms with Gasteiger partial charge in [-0.3, -0.25) is 0 Å². The van der Waals surface area contributed by atoms with Crippen LogP contribution in [0.4, 0.5) is 0 Å². The van der Waals surface area contributed by atoms with Gasteiger partial charge in [0.15, 0.2) is 0 Å². The first-order valence-corrected chi connectivity index (χ1v) is 12.7. The fraction of sp³-hybridized carbons (Fsp3) is 0.310. The lowest BCUT2D eigenvalue weighted by molar-refractivity contribution is -0.134. The van der Waals surface area contributed by atoms with Crippen LogP contribution in [-0.2, 0) is 29.5 Å². The Kier molecular flexibility index (Phi) is 15.0. The van der Waals surface area contributed by atoms with Gasteiger partial charge >= 0.3 is 23.9 Å². The molecule has 0 bridgehead atoms. The van der Waals surface area contributed by atoms with Crippen molar-refractivity contribution in [2.75, 3.05) is 20.2 Å². The highest BCUT2D eigenvalue weighted by molar-refractivity contribution is 6.30. The molecule has 3 rings (SSSR count). The molecule has 10 nitrogen and oxygen atoms in total. The van der Waals surface area contributed by atoms with Crippen LogP contribution in [0.25, 0.3) is 0 Å². The van der Waals surface area contributed by atoms with Gasteiger partial charge in [-0.2, -0.15) is 0 Å². The number of halogens is 1. The standard InChI is InChI=1S/C21H26ClNO.2C4H4O4/c1-21(17-7-4-3-5-8-17,18-10-12-19(22)13-11-18)24-16-14-20-9-6-15-23(20)2;2*5-3(6)1-2-4(7)8/h3-5,7-8,10-13,20H,6,9,14-16H2,1-2H3;2*1-2H,(H,5,6)(H,7,8)/b;2*2-1+/t20-,21-;;/m1../s1. The lowest BCUT2D eigenvalue weighted by Gasteiger charge is -2.32. The first kappa shape index (κ1) is 34.0. The Morgan fingerprint density at radius 3 is 1.70 bits per heavy atom. The van der Waals surface area contributed by atoms with E-state index >= 15 is 0 Å². The Morgan fingerprint density at radius 1 is 0.850 bits per heavy atom. The first-order valence-electron chi connectivity index (χ1n) is 12.3. The van der Waals surface area contributed by atoms with Crippen LogP contribution in [0.3, 0.4) is 0 Å².